The van der Waals surface area contributed by atoms with Gasteiger partial charge in [0, 0.05) is 11.3 Å². The summed E-state index contributed by atoms with van der Waals surface area (Å²) in [5.74, 6) is 0. The van der Waals surface area contributed by atoms with Crippen molar-refractivity contribution in [3.8, 4) is 0 Å². The molecule has 1 aliphatic carbocycles. The molecule has 0 unspecified atom stereocenters. The van der Waals surface area contributed by atoms with Gasteiger partial charge in [-0.05, 0) is 11.6 Å². The van der Waals surface area contributed by atoms with E-state index in [0.717, 1.165) is 12.2 Å². The monoisotopic (exact) mass is 278 g/mol. The van der Waals surface area contributed by atoms with Gasteiger partial charge in [-0.25, -0.2) is 4.39 Å². The highest BCUT2D eigenvalue weighted by Crippen LogP contribution is 2.51. The Morgan fingerprint density at radius 2 is 1.41 bits per heavy atom. The summed E-state index contributed by atoms with van der Waals surface area (Å²) in [6, 6.07) is 0. The van der Waals surface area contributed by atoms with E-state index in [1.807, 2.05) is 0 Å². The van der Waals surface area contributed by atoms with Crippen LogP contribution in [-0.4, -0.2) is 22.9 Å². The molecular formula is C9H5F7S. The first-order valence-electron chi connectivity index (χ1n) is 4.23. The molecule has 0 saturated carbocycles. The lowest BCUT2D eigenvalue weighted by Gasteiger charge is -2.32. The van der Waals surface area contributed by atoms with Crippen LogP contribution in [0.15, 0.2) is 23.8 Å². The third-order valence-corrected chi connectivity index (χ3v) is 2.45. The number of rotatable bonds is 1. The van der Waals surface area contributed by atoms with Crippen LogP contribution >= 0.6 is 12.2 Å². The molecule has 0 N–H and O–H groups in total. The number of thiocarbonyl (C=S) groups is 1. The number of hydrogen-bond donors (Lipinski definition) is 0. The molecule has 0 aliphatic heterocycles. The smallest absolute Gasteiger partial charge is 0.219 e. The third-order valence-electron chi connectivity index (χ3n) is 2.17. The molecule has 0 amide bonds. The molecule has 96 valence electrons. The van der Waals surface area contributed by atoms with Gasteiger partial charge >= 0.3 is 18.0 Å². The molecule has 0 spiro atoms. The van der Waals surface area contributed by atoms with E-state index in [4.69, 9.17) is 0 Å². The first-order chi connectivity index (χ1) is 7.50. The Morgan fingerprint density at radius 3 is 1.76 bits per heavy atom. The Labute approximate surface area is 96.8 Å². The number of halogens is 7. The Bertz CT molecular complexity index is 371. The molecule has 0 bridgehead atoms. The van der Waals surface area contributed by atoms with Crippen LogP contribution in [-0.2, 0) is 0 Å². The van der Waals surface area contributed by atoms with E-state index >= 15 is 0 Å². The van der Waals surface area contributed by atoms with Crippen LogP contribution in [0.4, 0.5) is 30.7 Å². The van der Waals surface area contributed by atoms with E-state index in [2.05, 4.69) is 12.2 Å². The highest BCUT2D eigenvalue weighted by molar-refractivity contribution is 7.80. The summed E-state index contributed by atoms with van der Waals surface area (Å²) in [4.78, 5) is -0.182. The van der Waals surface area contributed by atoms with E-state index in [-0.39, 0.29) is 4.86 Å². The van der Waals surface area contributed by atoms with Gasteiger partial charge in [0.25, 0.3) is 0 Å². The highest BCUT2D eigenvalue weighted by Gasteiger charge is 2.74. The maximum absolute atomic E-state index is 13.5. The summed E-state index contributed by atoms with van der Waals surface area (Å²) in [5.41, 5.74) is -6.79. The highest BCUT2D eigenvalue weighted by atomic mass is 32.1. The SMILES string of the molecule is FC(F)(F)C(F)(C1=CC=CC(=S)C1)C(F)(F)F. The van der Waals surface area contributed by atoms with Gasteiger partial charge in [-0.1, -0.05) is 24.4 Å². The minimum atomic E-state index is -6.07. The lowest BCUT2D eigenvalue weighted by molar-refractivity contribution is -0.326. The van der Waals surface area contributed by atoms with Crippen LogP contribution in [0.3, 0.4) is 0 Å². The fraction of sp³-hybridized carbons (Fsp3) is 0.444. The minimum Gasteiger partial charge on any atom is -0.219 e. The van der Waals surface area contributed by atoms with Crippen molar-refractivity contribution < 1.29 is 30.7 Å². The summed E-state index contributed by atoms with van der Waals surface area (Å²) >= 11 is 4.47. The van der Waals surface area contributed by atoms with Gasteiger partial charge in [0.1, 0.15) is 0 Å². The standard InChI is InChI=1S/C9H5F7S/c10-7(8(11,12)13,9(14,15)16)5-2-1-3-6(17)4-5/h1-3H,4H2. The Balaban J connectivity index is 3.32. The number of alkyl halides is 7. The van der Waals surface area contributed by atoms with Crippen LogP contribution in [0.5, 0.6) is 0 Å². The largest absolute Gasteiger partial charge is 0.435 e. The summed E-state index contributed by atoms with van der Waals surface area (Å²) in [6.07, 6.45) is -10.5. The zero-order valence-corrected chi connectivity index (χ0v) is 8.81. The summed E-state index contributed by atoms with van der Waals surface area (Å²) in [6.45, 7) is 0. The van der Waals surface area contributed by atoms with Crippen molar-refractivity contribution in [3.05, 3.63) is 23.8 Å². The molecule has 0 aromatic heterocycles. The lowest BCUT2D eigenvalue weighted by atomic mass is 9.88. The van der Waals surface area contributed by atoms with Gasteiger partial charge in [0.05, 0.1) is 0 Å². The molecule has 8 heteroatoms. The molecule has 0 aromatic rings. The molecular weight excluding hydrogens is 273 g/mol. The van der Waals surface area contributed by atoms with Crippen molar-refractivity contribution in [2.75, 3.05) is 0 Å². The fourth-order valence-corrected chi connectivity index (χ4v) is 1.57. The molecule has 0 aromatic carbocycles. The lowest BCUT2D eigenvalue weighted by Crippen LogP contribution is -2.55. The first-order valence-corrected chi connectivity index (χ1v) is 4.64. The van der Waals surface area contributed by atoms with Crippen molar-refractivity contribution in [3.63, 3.8) is 0 Å². The van der Waals surface area contributed by atoms with Gasteiger partial charge in [-0.2, -0.15) is 26.3 Å². The predicted octanol–water partition coefficient (Wildman–Crippen LogP) is 4.08. The predicted molar refractivity (Wildman–Crippen MR) is 50.4 cm³/mol. The average Bonchev–Trinajstić information content (AvgIpc) is 2.12. The summed E-state index contributed by atoms with van der Waals surface area (Å²) in [5, 5.41) is 0. The molecule has 17 heavy (non-hydrogen) atoms. The quantitative estimate of drug-likeness (QED) is 0.514. The second kappa shape index (κ2) is 4.08. The molecule has 1 aliphatic rings. The average molecular weight is 278 g/mol. The third kappa shape index (κ3) is 2.36. The molecule has 0 fully saturated rings. The van der Waals surface area contributed by atoms with Gasteiger partial charge in [0.2, 0.25) is 0 Å². The normalized spacial score (nSPS) is 18.3. The van der Waals surface area contributed by atoms with Gasteiger partial charge in [0.15, 0.2) is 0 Å². The molecule has 0 radical (unpaired) electrons. The van der Waals surface area contributed by atoms with Gasteiger partial charge in [-0.3, -0.25) is 0 Å². The first kappa shape index (κ1) is 14.1. The molecule has 0 saturated heterocycles. The van der Waals surface area contributed by atoms with Crippen molar-refractivity contribution >= 4 is 17.1 Å². The van der Waals surface area contributed by atoms with Crippen LogP contribution in [0, 0.1) is 0 Å². The summed E-state index contributed by atoms with van der Waals surface area (Å²) < 4.78 is 87.3. The van der Waals surface area contributed by atoms with Gasteiger partial charge < -0.3 is 0 Å². The van der Waals surface area contributed by atoms with Crippen LogP contribution in [0.2, 0.25) is 0 Å². The second-order valence-corrected chi connectivity index (χ2v) is 3.87. The maximum Gasteiger partial charge on any atom is 0.435 e. The molecule has 0 atom stereocenters. The van der Waals surface area contributed by atoms with Crippen LogP contribution in [0.1, 0.15) is 6.42 Å². The zero-order valence-electron chi connectivity index (χ0n) is 7.99. The zero-order chi connectivity index (χ0) is 13.5. The molecule has 0 heterocycles. The van der Waals surface area contributed by atoms with Gasteiger partial charge in [-0.15, -0.1) is 0 Å². The summed E-state index contributed by atoms with van der Waals surface area (Å²) in [7, 11) is 0. The minimum absolute atomic E-state index is 0.182. The van der Waals surface area contributed by atoms with E-state index in [1.165, 1.54) is 0 Å². The van der Waals surface area contributed by atoms with Crippen LogP contribution < -0.4 is 0 Å². The van der Waals surface area contributed by atoms with E-state index < -0.39 is 30.0 Å². The van der Waals surface area contributed by atoms with Crippen LogP contribution in [0.25, 0.3) is 0 Å². The molecule has 1 rings (SSSR count). The fourth-order valence-electron chi connectivity index (χ4n) is 1.34. The van der Waals surface area contributed by atoms with E-state index in [0.29, 0.717) is 6.08 Å². The Hall–Kier alpha value is -0.920. The van der Waals surface area contributed by atoms with Crippen molar-refractivity contribution in [2.24, 2.45) is 0 Å². The topological polar surface area (TPSA) is 0 Å². The van der Waals surface area contributed by atoms with E-state index in [1.54, 1.807) is 0 Å². The number of hydrogen-bond acceptors (Lipinski definition) is 1. The van der Waals surface area contributed by atoms with Crippen molar-refractivity contribution in [1.29, 1.82) is 0 Å². The number of allylic oxidation sites excluding steroid dienone is 4. The Kier molecular flexibility index (Phi) is 3.39. The van der Waals surface area contributed by atoms with Crippen molar-refractivity contribution in [1.82, 2.24) is 0 Å². The Morgan fingerprint density at radius 1 is 0.941 bits per heavy atom. The maximum atomic E-state index is 13.5. The molecule has 0 nitrogen and oxygen atoms in total. The van der Waals surface area contributed by atoms with Crippen molar-refractivity contribution in [2.45, 2.75) is 24.4 Å². The second-order valence-electron chi connectivity index (χ2n) is 3.35. The van der Waals surface area contributed by atoms with E-state index in [9.17, 15) is 30.7 Å².